The van der Waals surface area contributed by atoms with Crippen LogP contribution in [0.2, 0.25) is 0 Å². The number of halogens is 3. The van der Waals surface area contributed by atoms with Crippen molar-refractivity contribution < 1.29 is 22.8 Å². The number of hydrogen-bond donors (Lipinski definition) is 3. The molecule has 3 aromatic rings. The van der Waals surface area contributed by atoms with Gasteiger partial charge in [0.1, 0.15) is 12.2 Å². The van der Waals surface area contributed by atoms with Crippen molar-refractivity contribution in [2.75, 3.05) is 13.1 Å². The van der Waals surface area contributed by atoms with Gasteiger partial charge in [-0.15, -0.1) is 0 Å². The molecule has 0 fully saturated rings. The molecule has 0 atom stereocenters. The molecular formula is C26H29F3N6O2. The minimum absolute atomic E-state index is 0.162. The highest BCUT2D eigenvalue weighted by Crippen LogP contribution is 2.36. The summed E-state index contributed by atoms with van der Waals surface area (Å²) in [4.78, 5) is 31.7. The molecule has 2 heterocycles. The van der Waals surface area contributed by atoms with E-state index in [1.54, 1.807) is 23.1 Å². The van der Waals surface area contributed by atoms with Gasteiger partial charge in [0.2, 0.25) is 0 Å². The Kier molecular flexibility index (Phi) is 7.24. The lowest BCUT2D eigenvalue weighted by Gasteiger charge is -2.34. The molecule has 0 spiro atoms. The molecule has 1 aromatic heterocycles. The highest BCUT2D eigenvalue weighted by molar-refractivity contribution is 5.97. The first-order valence-electron chi connectivity index (χ1n) is 11.9. The molecule has 0 radical (unpaired) electrons. The van der Waals surface area contributed by atoms with E-state index in [9.17, 15) is 22.8 Å². The average Bonchev–Trinajstić information content (AvgIpc) is 3.35. The van der Waals surface area contributed by atoms with Gasteiger partial charge in [-0.25, -0.2) is 9.78 Å². The number of amides is 3. The van der Waals surface area contributed by atoms with Crippen LogP contribution in [0.5, 0.6) is 0 Å². The Morgan fingerprint density at radius 3 is 2.57 bits per heavy atom. The molecule has 0 bridgehead atoms. The van der Waals surface area contributed by atoms with E-state index in [-0.39, 0.29) is 18.5 Å². The average molecular weight is 515 g/mol. The van der Waals surface area contributed by atoms with Gasteiger partial charge in [-0.3, -0.25) is 9.89 Å². The third-order valence-electron chi connectivity index (χ3n) is 6.04. The van der Waals surface area contributed by atoms with Gasteiger partial charge in [0.15, 0.2) is 0 Å². The molecular weight excluding hydrogens is 485 g/mol. The molecule has 0 saturated heterocycles. The molecule has 0 aliphatic carbocycles. The Balaban J connectivity index is 1.67. The normalized spacial score (nSPS) is 13.7. The van der Waals surface area contributed by atoms with Gasteiger partial charge in [-0.2, -0.15) is 18.3 Å². The van der Waals surface area contributed by atoms with E-state index in [4.69, 9.17) is 0 Å². The van der Waals surface area contributed by atoms with Crippen molar-refractivity contribution in [1.82, 2.24) is 30.7 Å². The molecule has 37 heavy (non-hydrogen) atoms. The number of nitrogens with zero attached hydrogens (tertiary/aromatic N) is 3. The Bertz CT molecular complexity index is 1280. The summed E-state index contributed by atoms with van der Waals surface area (Å²) >= 11 is 0. The number of aromatic amines is 1. The fraction of sp³-hybridized carbons (Fsp3) is 0.385. The smallest absolute Gasteiger partial charge is 0.352 e. The van der Waals surface area contributed by atoms with Crippen molar-refractivity contribution in [3.05, 3.63) is 70.8 Å². The summed E-state index contributed by atoms with van der Waals surface area (Å²) in [5.74, 6) is 0.302. The monoisotopic (exact) mass is 514 g/mol. The minimum atomic E-state index is -4.47. The third kappa shape index (κ3) is 6.28. The predicted molar refractivity (Wildman–Crippen MR) is 132 cm³/mol. The number of alkyl halides is 3. The highest BCUT2D eigenvalue weighted by atomic mass is 19.4. The second kappa shape index (κ2) is 10.2. The zero-order valence-electron chi connectivity index (χ0n) is 20.9. The lowest BCUT2D eigenvalue weighted by Crippen LogP contribution is -2.50. The third-order valence-corrected chi connectivity index (χ3v) is 6.04. The number of rotatable bonds is 5. The van der Waals surface area contributed by atoms with Crippen LogP contribution >= 0.6 is 0 Å². The van der Waals surface area contributed by atoms with Crippen LogP contribution in [-0.2, 0) is 25.6 Å². The first kappa shape index (κ1) is 26.2. The van der Waals surface area contributed by atoms with Crippen molar-refractivity contribution in [3.8, 4) is 11.1 Å². The van der Waals surface area contributed by atoms with Crippen molar-refractivity contribution >= 4 is 11.9 Å². The van der Waals surface area contributed by atoms with Crippen LogP contribution in [0.1, 0.15) is 53.6 Å². The minimum Gasteiger partial charge on any atom is -0.352 e. The molecule has 196 valence electrons. The standard InChI is InChI=1S/C26H29F3N6O2/c1-25(2,3)33-24(37)35-12-10-19-18(16-5-4-6-17(13-16)26(27,28)29)7-8-20(21(19)14-35)23(36)30-11-9-22-31-15-32-34-22/h4-8,13,15H,9-12,14H2,1-3H3,(H,30,36)(H,33,37)(H,31,32,34). The number of H-pyrrole nitrogens is 1. The Labute approximate surface area is 212 Å². The molecule has 0 unspecified atom stereocenters. The zero-order chi connectivity index (χ0) is 26.8. The van der Waals surface area contributed by atoms with Crippen LogP contribution in [0.15, 0.2) is 42.7 Å². The van der Waals surface area contributed by atoms with Gasteiger partial charge in [0.05, 0.1) is 5.56 Å². The van der Waals surface area contributed by atoms with Gasteiger partial charge >= 0.3 is 12.2 Å². The molecule has 1 aliphatic rings. The van der Waals surface area contributed by atoms with E-state index in [1.807, 2.05) is 20.8 Å². The summed E-state index contributed by atoms with van der Waals surface area (Å²) in [5, 5.41) is 12.3. The Hall–Kier alpha value is -3.89. The topological polar surface area (TPSA) is 103 Å². The van der Waals surface area contributed by atoms with Crippen molar-refractivity contribution in [3.63, 3.8) is 0 Å². The summed E-state index contributed by atoms with van der Waals surface area (Å²) in [6.45, 7) is 6.48. The van der Waals surface area contributed by atoms with Crippen LogP contribution in [0, 0.1) is 0 Å². The molecule has 2 aromatic carbocycles. The summed E-state index contributed by atoms with van der Waals surface area (Å²) < 4.78 is 40.1. The van der Waals surface area contributed by atoms with Gasteiger partial charge in [-0.1, -0.05) is 18.2 Å². The van der Waals surface area contributed by atoms with E-state index < -0.39 is 17.3 Å². The second-order valence-electron chi connectivity index (χ2n) is 9.99. The summed E-state index contributed by atoms with van der Waals surface area (Å²) in [5.41, 5.74) is 1.63. The fourth-order valence-electron chi connectivity index (χ4n) is 4.34. The van der Waals surface area contributed by atoms with Crippen LogP contribution in [0.3, 0.4) is 0 Å². The summed E-state index contributed by atoms with van der Waals surface area (Å²) in [6.07, 6.45) is -2.23. The van der Waals surface area contributed by atoms with Crippen LogP contribution in [0.4, 0.5) is 18.0 Å². The number of carbonyl (C=O) groups excluding carboxylic acids is 2. The predicted octanol–water partition coefficient (Wildman–Crippen LogP) is 4.33. The molecule has 1 aliphatic heterocycles. The van der Waals surface area contributed by atoms with Crippen LogP contribution < -0.4 is 10.6 Å². The van der Waals surface area contributed by atoms with Crippen LogP contribution in [-0.4, -0.2) is 50.6 Å². The number of benzene rings is 2. The molecule has 3 amide bonds. The first-order chi connectivity index (χ1) is 17.4. The highest BCUT2D eigenvalue weighted by Gasteiger charge is 2.32. The molecule has 3 N–H and O–H groups in total. The van der Waals surface area contributed by atoms with E-state index in [1.165, 1.54) is 12.4 Å². The van der Waals surface area contributed by atoms with Crippen LogP contribution in [0.25, 0.3) is 11.1 Å². The summed E-state index contributed by atoms with van der Waals surface area (Å²) in [7, 11) is 0. The second-order valence-corrected chi connectivity index (χ2v) is 9.99. The number of fused-ring (bicyclic) bond motifs is 1. The Morgan fingerprint density at radius 1 is 1.11 bits per heavy atom. The quantitative estimate of drug-likeness (QED) is 0.472. The molecule has 8 nitrogen and oxygen atoms in total. The van der Waals surface area contributed by atoms with Crippen molar-refractivity contribution in [2.45, 2.75) is 51.9 Å². The number of hydrogen-bond acceptors (Lipinski definition) is 4. The maximum absolute atomic E-state index is 13.4. The molecule has 0 saturated carbocycles. The largest absolute Gasteiger partial charge is 0.416 e. The van der Waals surface area contributed by atoms with E-state index in [0.29, 0.717) is 54.0 Å². The van der Waals surface area contributed by atoms with E-state index in [0.717, 1.165) is 17.7 Å². The molecule has 4 rings (SSSR count). The zero-order valence-corrected chi connectivity index (χ0v) is 20.9. The van der Waals surface area contributed by atoms with Gasteiger partial charge in [0, 0.05) is 37.2 Å². The number of urea groups is 1. The maximum atomic E-state index is 13.4. The number of carbonyl (C=O) groups is 2. The van der Waals surface area contributed by atoms with Gasteiger partial charge in [-0.05, 0) is 67.6 Å². The Morgan fingerprint density at radius 2 is 1.89 bits per heavy atom. The van der Waals surface area contributed by atoms with E-state index >= 15 is 0 Å². The SMILES string of the molecule is CC(C)(C)NC(=O)N1CCc2c(-c3cccc(C(F)(F)F)c3)ccc(C(=O)NCCc3ncn[nH]3)c2C1. The van der Waals surface area contributed by atoms with Crippen molar-refractivity contribution in [1.29, 1.82) is 0 Å². The lowest BCUT2D eigenvalue weighted by atomic mass is 9.87. The first-order valence-corrected chi connectivity index (χ1v) is 11.9. The maximum Gasteiger partial charge on any atom is 0.416 e. The summed E-state index contributed by atoms with van der Waals surface area (Å²) in [6, 6.07) is 8.19. The molecule has 11 heteroatoms. The van der Waals surface area contributed by atoms with Gasteiger partial charge < -0.3 is 15.5 Å². The fourth-order valence-corrected chi connectivity index (χ4v) is 4.34. The lowest BCUT2D eigenvalue weighted by molar-refractivity contribution is -0.137. The van der Waals surface area contributed by atoms with Gasteiger partial charge in [0.25, 0.3) is 5.91 Å². The number of aromatic nitrogens is 3. The van der Waals surface area contributed by atoms with Crippen molar-refractivity contribution in [2.24, 2.45) is 0 Å². The number of nitrogens with one attached hydrogen (secondary N) is 3. The van der Waals surface area contributed by atoms with E-state index in [2.05, 4.69) is 25.8 Å².